The summed E-state index contributed by atoms with van der Waals surface area (Å²) in [5.41, 5.74) is 0. The quantitative estimate of drug-likeness (QED) is 0.854. The molecule has 3 nitrogen and oxygen atoms in total. The lowest BCUT2D eigenvalue weighted by molar-refractivity contribution is -0.116. The Labute approximate surface area is 93.9 Å². The van der Waals surface area contributed by atoms with Crippen LogP contribution in [0.2, 0.25) is 0 Å². The van der Waals surface area contributed by atoms with E-state index in [9.17, 15) is 4.79 Å². The number of piperidine rings is 1. The first-order valence-corrected chi connectivity index (χ1v) is 6.25. The third-order valence-electron chi connectivity index (χ3n) is 2.60. The molecular weight excluding hydrogens is 208 g/mol. The molecule has 2 heterocycles. The first-order valence-electron chi connectivity index (χ1n) is 5.43. The number of aromatic nitrogens is 1. The summed E-state index contributed by atoms with van der Waals surface area (Å²) in [6.45, 7) is 2.71. The van der Waals surface area contributed by atoms with Gasteiger partial charge in [0.15, 0.2) is 0 Å². The average molecular weight is 224 g/mol. The molecule has 0 aliphatic carbocycles. The van der Waals surface area contributed by atoms with Crippen molar-refractivity contribution in [3.05, 3.63) is 16.1 Å². The van der Waals surface area contributed by atoms with Gasteiger partial charge in [-0.1, -0.05) is 6.42 Å². The molecule has 0 aromatic carbocycles. The maximum atomic E-state index is 11.0. The van der Waals surface area contributed by atoms with Gasteiger partial charge in [0.05, 0.1) is 6.04 Å². The Kier molecular flexibility index (Phi) is 3.49. The van der Waals surface area contributed by atoms with Crippen molar-refractivity contribution < 1.29 is 4.79 Å². The monoisotopic (exact) mass is 224 g/mol. The van der Waals surface area contributed by atoms with Crippen molar-refractivity contribution in [3.8, 4) is 0 Å². The highest BCUT2D eigenvalue weighted by molar-refractivity contribution is 7.11. The van der Waals surface area contributed by atoms with Crippen LogP contribution < -0.4 is 5.32 Å². The molecule has 1 N–H and O–H groups in total. The van der Waals surface area contributed by atoms with Gasteiger partial charge in [0, 0.05) is 17.5 Å². The van der Waals surface area contributed by atoms with Crippen LogP contribution in [0.4, 0.5) is 0 Å². The van der Waals surface area contributed by atoms with E-state index in [0.29, 0.717) is 12.5 Å². The third kappa shape index (κ3) is 2.86. The molecule has 1 aromatic heterocycles. The molecule has 1 aliphatic heterocycles. The van der Waals surface area contributed by atoms with E-state index in [4.69, 9.17) is 0 Å². The zero-order valence-electron chi connectivity index (χ0n) is 8.95. The minimum absolute atomic E-state index is 0.210. The van der Waals surface area contributed by atoms with E-state index in [2.05, 4.69) is 10.3 Å². The average Bonchev–Trinajstić information content (AvgIpc) is 2.67. The highest BCUT2D eigenvalue weighted by Gasteiger charge is 2.17. The van der Waals surface area contributed by atoms with Crippen molar-refractivity contribution in [1.82, 2.24) is 10.3 Å². The van der Waals surface area contributed by atoms with Crippen LogP contribution in [0.1, 0.15) is 42.1 Å². The summed E-state index contributed by atoms with van der Waals surface area (Å²) in [7, 11) is 0. The number of hydrogen-bond donors (Lipinski definition) is 1. The molecule has 1 aliphatic rings. The molecule has 1 fully saturated rings. The normalized spacial score (nSPS) is 21.5. The number of rotatable bonds is 3. The van der Waals surface area contributed by atoms with Gasteiger partial charge >= 0.3 is 0 Å². The van der Waals surface area contributed by atoms with E-state index in [1.807, 2.05) is 6.20 Å². The largest absolute Gasteiger partial charge is 0.308 e. The summed E-state index contributed by atoms with van der Waals surface area (Å²) in [4.78, 5) is 16.4. The fraction of sp³-hybridized carbons (Fsp3) is 0.636. The summed E-state index contributed by atoms with van der Waals surface area (Å²) in [5.74, 6) is 0.210. The van der Waals surface area contributed by atoms with Crippen LogP contribution >= 0.6 is 11.3 Å². The van der Waals surface area contributed by atoms with Gasteiger partial charge in [-0.15, -0.1) is 11.3 Å². The Balaban J connectivity index is 2.02. The second-order valence-corrected chi connectivity index (χ2v) is 5.19. The van der Waals surface area contributed by atoms with E-state index in [0.717, 1.165) is 16.4 Å². The van der Waals surface area contributed by atoms with Crippen LogP contribution in [0.15, 0.2) is 6.20 Å². The van der Waals surface area contributed by atoms with E-state index < -0.39 is 0 Å². The first kappa shape index (κ1) is 10.8. The van der Waals surface area contributed by atoms with Crippen molar-refractivity contribution >= 4 is 17.1 Å². The zero-order valence-corrected chi connectivity index (χ0v) is 9.77. The molecule has 0 saturated carbocycles. The Morgan fingerprint density at radius 3 is 3.20 bits per heavy atom. The van der Waals surface area contributed by atoms with E-state index in [1.54, 1.807) is 18.3 Å². The highest BCUT2D eigenvalue weighted by atomic mass is 32.1. The Morgan fingerprint density at radius 2 is 2.53 bits per heavy atom. The van der Waals surface area contributed by atoms with Crippen LogP contribution in [-0.4, -0.2) is 17.3 Å². The number of nitrogens with zero attached hydrogens (tertiary/aromatic N) is 1. The fourth-order valence-electron chi connectivity index (χ4n) is 1.87. The molecule has 0 bridgehead atoms. The van der Waals surface area contributed by atoms with Gasteiger partial charge in [-0.3, -0.25) is 4.79 Å². The molecule has 15 heavy (non-hydrogen) atoms. The van der Waals surface area contributed by atoms with Crippen LogP contribution in [0.3, 0.4) is 0 Å². The SMILES string of the molecule is CC(=O)Cc1cnc(C2CCCCN2)s1. The summed E-state index contributed by atoms with van der Waals surface area (Å²) < 4.78 is 0. The molecule has 1 saturated heterocycles. The second kappa shape index (κ2) is 4.86. The first-order chi connectivity index (χ1) is 7.25. The third-order valence-corrected chi connectivity index (χ3v) is 3.71. The van der Waals surface area contributed by atoms with Crippen LogP contribution in [0.25, 0.3) is 0 Å². The molecule has 4 heteroatoms. The molecule has 1 aromatic rings. The van der Waals surface area contributed by atoms with Gasteiger partial charge in [0.25, 0.3) is 0 Å². The number of hydrogen-bond acceptors (Lipinski definition) is 4. The Hall–Kier alpha value is -0.740. The van der Waals surface area contributed by atoms with Crippen molar-refractivity contribution in [1.29, 1.82) is 0 Å². The van der Waals surface area contributed by atoms with Gasteiger partial charge in [-0.25, -0.2) is 4.98 Å². The standard InChI is InChI=1S/C11H16N2OS/c1-8(14)6-9-7-13-11(15-9)10-4-2-3-5-12-10/h7,10,12H,2-6H2,1H3. The Morgan fingerprint density at radius 1 is 1.67 bits per heavy atom. The van der Waals surface area contributed by atoms with Crippen LogP contribution in [0, 0.1) is 0 Å². The number of thiazole rings is 1. The van der Waals surface area contributed by atoms with Gasteiger partial charge in [0.2, 0.25) is 0 Å². The highest BCUT2D eigenvalue weighted by Crippen LogP contribution is 2.26. The molecule has 0 amide bonds. The van der Waals surface area contributed by atoms with Gasteiger partial charge < -0.3 is 5.32 Å². The number of carbonyl (C=O) groups is 1. The molecule has 1 atom stereocenters. The molecular formula is C11H16N2OS. The van der Waals surface area contributed by atoms with Gasteiger partial charge in [-0.05, 0) is 26.3 Å². The minimum atomic E-state index is 0.210. The van der Waals surface area contributed by atoms with Crippen molar-refractivity contribution in [2.45, 2.75) is 38.6 Å². The molecule has 82 valence electrons. The zero-order chi connectivity index (χ0) is 10.7. The molecule has 1 unspecified atom stereocenters. The summed E-state index contributed by atoms with van der Waals surface area (Å²) in [5, 5.41) is 4.61. The van der Waals surface area contributed by atoms with Crippen molar-refractivity contribution in [2.75, 3.05) is 6.54 Å². The predicted octanol–water partition coefficient (Wildman–Crippen LogP) is 2.09. The number of ketones is 1. The number of Topliss-reactive ketones (excluding diaryl/α,β-unsaturated/α-hetero) is 1. The number of carbonyl (C=O) groups excluding carboxylic acids is 1. The van der Waals surface area contributed by atoms with Crippen molar-refractivity contribution in [2.24, 2.45) is 0 Å². The van der Waals surface area contributed by atoms with E-state index >= 15 is 0 Å². The molecule has 2 rings (SSSR count). The van der Waals surface area contributed by atoms with E-state index in [-0.39, 0.29) is 5.78 Å². The van der Waals surface area contributed by atoms with E-state index in [1.165, 1.54) is 19.3 Å². The summed E-state index contributed by atoms with van der Waals surface area (Å²) >= 11 is 1.67. The van der Waals surface area contributed by atoms with Crippen LogP contribution in [0.5, 0.6) is 0 Å². The lowest BCUT2D eigenvalue weighted by Gasteiger charge is -2.21. The second-order valence-electron chi connectivity index (χ2n) is 4.05. The lowest BCUT2D eigenvalue weighted by atomic mass is 10.1. The predicted molar refractivity (Wildman–Crippen MR) is 61.1 cm³/mol. The van der Waals surface area contributed by atoms with Crippen molar-refractivity contribution in [3.63, 3.8) is 0 Å². The summed E-state index contributed by atoms with van der Waals surface area (Å²) in [6, 6.07) is 0.421. The van der Waals surface area contributed by atoms with Gasteiger partial charge in [0.1, 0.15) is 10.8 Å². The maximum Gasteiger partial charge on any atom is 0.135 e. The van der Waals surface area contributed by atoms with Gasteiger partial charge in [-0.2, -0.15) is 0 Å². The Bertz CT molecular complexity index is 342. The fourth-order valence-corrected chi connectivity index (χ4v) is 2.97. The number of nitrogens with one attached hydrogen (secondary N) is 1. The lowest BCUT2D eigenvalue weighted by Crippen LogP contribution is -2.26. The van der Waals surface area contributed by atoms with Crippen LogP contribution in [-0.2, 0) is 11.2 Å². The molecule has 0 spiro atoms. The minimum Gasteiger partial charge on any atom is -0.308 e. The summed E-state index contributed by atoms with van der Waals surface area (Å²) in [6.07, 6.45) is 6.09. The smallest absolute Gasteiger partial charge is 0.135 e. The topological polar surface area (TPSA) is 42.0 Å². The molecule has 0 radical (unpaired) electrons. The maximum absolute atomic E-state index is 11.0.